The van der Waals surface area contributed by atoms with Crippen LogP contribution in [-0.4, -0.2) is 77.8 Å². The average molecular weight is 507 g/mol. The molecule has 37 heavy (non-hydrogen) atoms. The number of aliphatic carboxylic acids is 1. The molecule has 0 unspecified atom stereocenters. The Bertz CT molecular complexity index is 1280. The van der Waals surface area contributed by atoms with Gasteiger partial charge in [-0.3, -0.25) is 14.5 Å². The molecular weight excluding hydrogens is 468 g/mol. The van der Waals surface area contributed by atoms with Crippen molar-refractivity contribution in [1.82, 2.24) is 14.4 Å². The van der Waals surface area contributed by atoms with Gasteiger partial charge >= 0.3 is 5.97 Å². The Morgan fingerprint density at radius 3 is 2.32 bits per heavy atom. The van der Waals surface area contributed by atoms with Gasteiger partial charge in [0.25, 0.3) is 5.91 Å². The summed E-state index contributed by atoms with van der Waals surface area (Å²) in [6.45, 7) is 12.6. The third-order valence-corrected chi connectivity index (χ3v) is 7.62. The summed E-state index contributed by atoms with van der Waals surface area (Å²) < 4.78 is 7.67. The summed E-state index contributed by atoms with van der Waals surface area (Å²) in [4.78, 5) is 28.4. The minimum atomic E-state index is -0.839. The monoisotopic (exact) mass is 506 g/mol. The van der Waals surface area contributed by atoms with Crippen molar-refractivity contribution < 1.29 is 19.4 Å². The van der Waals surface area contributed by atoms with Crippen LogP contribution in [0.2, 0.25) is 0 Å². The number of amides is 1. The number of carbonyl (C=O) groups excluding carboxylic acids is 1. The quantitative estimate of drug-likeness (QED) is 0.457. The minimum absolute atomic E-state index is 0.00778. The second-order valence-electron chi connectivity index (χ2n) is 9.96. The van der Waals surface area contributed by atoms with E-state index in [4.69, 9.17) is 9.84 Å². The molecule has 1 aromatic heterocycles. The summed E-state index contributed by atoms with van der Waals surface area (Å²) in [5.41, 5.74) is 8.70. The third kappa shape index (κ3) is 5.65. The van der Waals surface area contributed by atoms with Crippen molar-refractivity contribution in [2.45, 2.75) is 40.8 Å². The van der Waals surface area contributed by atoms with Crippen LogP contribution in [0.25, 0.3) is 10.9 Å². The third-order valence-electron chi connectivity index (χ3n) is 7.62. The van der Waals surface area contributed by atoms with Crippen molar-refractivity contribution in [3.05, 3.63) is 63.8 Å². The van der Waals surface area contributed by atoms with Crippen LogP contribution in [0.1, 0.15) is 38.3 Å². The van der Waals surface area contributed by atoms with E-state index in [0.717, 1.165) is 34.4 Å². The highest BCUT2D eigenvalue weighted by Crippen LogP contribution is 2.34. The van der Waals surface area contributed by atoms with Crippen LogP contribution in [0, 0.1) is 27.7 Å². The van der Waals surface area contributed by atoms with Gasteiger partial charge in [-0.15, -0.1) is 0 Å². The standard InChI is InChI=1S/C29H38N4O4/c1-19-7-6-8-20(2)25(19)17-30-26-16-23(29(36)32-11-9-31(10-12-32)18-27(34)35)15-24-21(3)22(4)33(28(24)26)13-14-37-5/h6-8,15-16,30H,9-14,17-18H2,1-5H3,(H,34,35). The number of hydrogen-bond acceptors (Lipinski definition) is 5. The fourth-order valence-corrected chi connectivity index (χ4v) is 5.29. The lowest BCUT2D eigenvalue weighted by Crippen LogP contribution is -2.49. The maximum absolute atomic E-state index is 13.6. The summed E-state index contributed by atoms with van der Waals surface area (Å²) in [5, 5.41) is 13.8. The highest BCUT2D eigenvalue weighted by atomic mass is 16.5. The summed E-state index contributed by atoms with van der Waals surface area (Å²) in [6.07, 6.45) is 0. The van der Waals surface area contributed by atoms with Gasteiger partial charge in [-0.05, 0) is 62.1 Å². The molecule has 1 saturated heterocycles. The van der Waals surface area contributed by atoms with Crippen LogP contribution in [0.4, 0.5) is 5.69 Å². The summed E-state index contributed by atoms with van der Waals surface area (Å²) >= 11 is 0. The molecular formula is C29H38N4O4. The van der Waals surface area contributed by atoms with Crippen LogP contribution in [-0.2, 0) is 22.6 Å². The van der Waals surface area contributed by atoms with E-state index in [1.54, 1.807) is 7.11 Å². The highest BCUT2D eigenvalue weighted by molar-refractivity contribution is 6.04. The molecule has 8 nitrogen and oxygen atoms in total. The van der Waals surface area contributed by atoms with E-state index in [1.807, 2.05) is 21.9 Å². The van der Waals surface area contributed by atoms with Gasteiger partial charge in [-0.2, -0.15) is 0 Å². The van der Waals surface area contributed by atoms with E-state index >= 15 is 0 Å². The predicted molar refractivity (Wildman–Crippen MR) is 147 cm³/mol. The normalized spacial score (nSPS) is 14.4. The number of anilines is 1. The van der Waals surface area contributed by atoms with Gasteiger partial charge in [0.05, 0.1) is 24.4 Å². The van der Waals surface area contributed by atoms with E-state index in [2.05, 4.69) is 55.8 Å². The molecule has 2 aromatic carbocycles. The molecule has 1 fully saturated rings. The molecule has 0 saturated carbocycles. The lowest BCUT2D eigenvalue weighted by Gasteiger charge is -2.34. The van der Waals surface area contributed by atoms with Crippen molar-refractivity contribution in [2.24, 2.45) is 0 Å². The number of methoxy groups -OCH3 is 1. The number of carboxylic acid groups (broad SMARTS) is 1. The predicted octanol–water partition coefficient (Wildman–Crippen LogP) is 3.98. The van der Waals surface area contributed by atoms with E-state index < -0.39 is 5.97 Å². The number of nitrogens with one attached hydrogen (secondary N) is 1. The number of ether oxygens (including phenoxy) is 1. The number of aromatic nitrogens is 1. The first kappa shape index (κ1) is 26.7. The van der Waals surface area contributed by atoms with E-state index in [0.29, 0.717) is 44.9 Å². The number of rotatable bonds is 9. The molecule has 0 spiro atoms. The van der Waals surface area contributed by atoms with E-state index in [-0.39, 0.29) is 12.5 Å². The molecule has 198 valence electrons. The fraction of sp³-hybridized carbons (Fsp3) is 0.448. The number of nitrogens with zero attached hydrogens (tertiary/aromatic N) is 3. The zero-order valence-electron chi connectivity index (χ0n) is 22.6. The molecule has 1 aliphatic rings. The number of carbonyl (C=O) groups is 2. The lowest BCUT2D eigenvalue weighted by molar-refractivity contribution is -0.138. The number of carboxylic acids is 1. The van der Waals surface area contributed by atoms with Crippen molar-refractivity contribution >= 4 is 28.5 Å². The second-order valence-corrected chi connectivity index (χ2v) is 9.96. The number of piperazine rings is 1. The number of aryl methyl sites for hydroxylation is 3. The smallest absolute Gasteiger partial charge is 0.317 e. The molecule has 8 heteroatoms. The number of benzene rings is 2. The minimum Gasteiger partial charge on any atom is -0.480 e. The van der Waals surface area contributed by atoms with Gasteiger partial charge in [0.1, 0.15) is 0 Å². The molecule has 1 aliphatic heterocycles. The molecule has 0 aliphatic carbocycles. The van der Waals surface area contributed by atoms with Gasteiger partial charge in [0.15, 0.2) is 0 Å². The van der Waals surface area contributed by atoms with Crippen LogP contribution >= 0.6 is 0 Å². The summed E-state index contributed by atoms with van der Waals surface area (Å²) in [6, 6.07) is 10.3. The molecule has 1 amide bonds. The van der Waals surface area contributed by atoms with Crippen LogP contribution in [0.5, 0.6) is 0 Å². The van der Waals surface area contributed by atoms with Crippen molar-refractivity contribution in [3.8, 4) is 0 Å². The first-order chi connectivity index (χ1) is 17.7. The van der Waals surface area contributed by atoms with E-state index in [9.17, 15) is 9.59 Å². The molecule has 0 atom stereocenters. The Labute approximate surface area is 218 Å². The van der Waals surface area contributed by atoms with Gasteiger partial charge in [-0.25, -0.2) is 0 Å². The Hall–Kier alpha value is -3.36. The SMILES string of the molecule is COCCn1c(C)c(C)c2cc(C(=O)N3CCN(CC(=O)O)CC3)cc(NCc3c(C)cccc3C)c21. The molecule has 0 bridgehead atoms. The Morgan fingerprint density at radius 2 is 1.70 bits per heavy atom. The maximum atomic E-state index is 13.6. The Kier molecular flexibility index (Phi) is 8.19. The zero-order chi connectivity index (χ0) is 26.7. The van der Waals surface area contributed by atoms with Gasteiger partial charge in [-0.1, -0.05) is 18.2 Å². The number of fused-ring (bicyclic) bond motifs is 1. The maximum Gasteiger partial charge on any atom is 0.317 e. The lowest BCUT2D eigenvalue weighted by atomic mass is 10.0. The molecule has 2 heterocycles. The Balaban J connectivity index is 1.70. The Morgan fingerprint density at radius 1 is 1.03 bits per heavy atom. The topological polar surface area (TPSA) is 87.0 Å². The summed E-state index contributed by atoms with van der Waals surface area (Å²) in [7, 11) is 1.71. The van der Waals surface area contributed by atoms with Gasteiger partial charge in [0.2, 0.25) is 0 Å². The first-order valence-electron chi connectivity index (χ1n) is 12.9. The van der Waals surface area contributed by atoms with Gasteiger partial charge < -0.3 is 24.6 Å². The molecule has 3 aromatic rings. The van der Waals surface area contributed by atoms with Gasteiger partial charge in [0, 0.05) is 63.0 Å². The van der Waals surface area contributed by atoms with Crippen LogP contribution in [0.15, 0.2) is 30.3 Å². The van der Waals surface area contributed by atoms with Crippen LogP contribution < -0.4 is 5.32 Å². The zero-order valence-corrected chi connectivity index (χ0v) is 22.6. The molecule has 2 N–H and O–H groups in total. The second kappa shape index (κ2) is 11.4. The largest absolute Gasteiger partial charge is 0.480 e. The van der Waals surface area contributed by atoms with E-state index in [1.165, 1.54) is 16.7 Å². The molecule has 0 radical (unpaired) electrons. The highest BCUT2D eigenvalue weighted by Gasteiger charge is 2.25. The number of hydrogen-bond donors (Lipinski definition) is 2. The van der Waals surface area contributed by atoms with Crippen LogP contribution in [0.3, 0.4) is 0 Å². The van der Waals surface area contributed by atoms with Crippen molar-refractivity contribution in [2.75, 3.05) is 51.8 Å². The fourth-order valence-electron chi connectivity index (χ4n) is 5.29. The van der Waals surface area contributed by atoms with Crippen molar-refractivity contribution in [3.63, 3.8) is 0 Å². The average Bonchev–Trinajstić information content (AvgIpc) is 3.11. The molecule has 4 rings (SSSR count). The van der Waals surface area contributed by atoms with Crippen molar-refractivity contribution in [1.29, 1.82) is 0 Å². The first-order valence-corrected chi connectivity index (χ1v) is 12.9. The summed E-state index contributed by atoms with van der Waals surface area (Å²) in [5.74, 6) is -0.859.